The zero-order valence-electron chi connectivity index (χ0n) is 21.7. The van der Waals surface area contributed by atoms with Crippen molar-refractivity contribution in [2.75, 3.05) is 25.5 Å². The van der Waals surface area contributed by atoms with Crippen molar-refractivity contribution in [1.29, 1.82) is 5.26 Å². The number of nitrogens with one attached hydrogen (secondary N) is 2. The molecule has 1 fully saturated rings. The third-order valence-electron chi connectivity index (χ3n) is 7.07. The monoisotopic (exact) mass is 519 g/mol. The van der Waals surface area contributed by atoms with Gasteiger partial charge in [-0.1, -0.05) is 13.0 Å². The standard InChI is InChI=1S/C27H30FN7O3/c1-5-15-11-34(26(38)27(2,3)14-29)13-21(15)33-23-19(24(30)36)10-32-35-12-17(9-22(23)35)16-6-7-18(20(28)8-16)25(37)31-4/h6-10,12,15,21,33H,5,11,13H2,1-4H3,(H2,30,36)(H,31,37)/t15-,21-/m1/s1. The molecule has 0 spiro atoms. The summed E-state index contributed by atoms with van der Waals surface area (Å²) in [5, 5.41) is 19.6. The molecule has 1 aliphatic heterocycles. The number of hydrogen-bond donors (Lipinski definition) is 3. The third kappa shape index (κ3) is 4.77. The first kappa shape index (κ1) is 26.6. The molecule has 4 N–H and O–H groups in total. The van der Waals surface area contributed by atoms with Crippen molar-refractivity contribution in [3.05, 3.63) is 53.6 Å². The highest BCUT2D eigenvalue weighted by molar-refractivity contribution is 6.02. The zero-order chi connectivity index (χ0) is 27.8. The fourth-order valence-corrected chi connectivity index (χ4v) is 4.81. The number of rotatable bonds is 7. The highest BCUT2D eigenvalue weighted by Crippen LogP contribution is 2.33. The van der Waals surface area contributed by atoms with E-state index >= 15 is 0 Å². The van der Waals surface area contributed by atoms with Gasteiger partial charge in [-0.05, 0) is 49.9 Å². The lowest BCUT2D eigenvalue weighted by Gasteiger charge is -2.24. The molecule has 0 bridgehead atoms. The van der Waals surface area contributed by atoms with Crippen molar-refractivity contribution in [3.8, 4) is 17.2 Å². The largest absolute Gasteiger partial charge is 0.378 e. The molecule has 1 aliphatic rings. The Morgan fingerprint density at radius 2 is 1.95 bits per heavy atom. The summed E-state index contributed by atoms with van der Waals surface area (Å²) < 4.78 is 16.2. The Bertz CT molecular complexity index is 1470. The highest BCUT2D eigenvalue weighted by atomic mass is 19.1. The predicted octanol–water partition coefficient (Wildman–Crippen LogP) is 2.80. The van der Waals surface area contributed by atoms with Crippen LogP contribution in [0.25, 0.3) is 16.6 Å². The maximum atomic E-state index is 14.6. The van der Waals surface area contributed by atoms with Gasteiger partial charge in [0.15, 0.2) is 0 Å². The van der Waals surface area contributed by atoms with Gasteiger partial charge in [0.2, 0.25) is 5.91 Å². The highest BCUT2D eigenvalue weighted by Gasteiger charge is 2.40. The summed E-state index contributed by atoms with van der Waals surface area (Å²) in [7, 11) is 1.43. The number of nitrogens with zero attached hydrogens (tertiary/aromatic N) is 4. The lowest BCUT2D eigenvalue weighted by atomic mass is 9.94. The molecule has 3 aromatic rings. The number of nitrogens with two attached hydrogens (primary N) is 1. The van der Waals surface area contributed by atoms with Crippen LogP contribution in [0.15, 0.2) is 36.7 Å². The molecule has 2 aromatic heterocycles. The Morgan fingerprint density at radius 1 is 1.21 bits per heavy atom. The van der Waals surface area contributed by atoms with Crippen molar-refractivity contribution in [3.63, 3.8) is 0 Å². The topological polar surface area (TPSA) is 146 Å². The van der Waals surface area contributed by atoms with Gasteiger partial charge in [-0.25, -0.2) is 8.91 Å². The van der Waals surface area contributed by atoms with Crippen molar-refractivity contribution in [2.45, 2.75) is 33.2 Å². The van der Waals surface area contributed by atoms with Crippen LogP contribution in [-0.2, 0) is 4.79 Å². The number of amides is 3. The molecule has 38 heavy (non-hydrogen) atoms. The zero-order valence-corrected chi connectivity index (χ0v) is 21.7. The average molecular weight is 520 g/mol. The van der Waals surface area contributed by atoms with Gasteiger partial charge in [-0.15, -0.1) is 0 Å². The van der Waals surface area contributed by atoms with Gasteiger partial charge in [0.1, 0.15) is 11.2 Å². The number of carbonyl (C=O) groups is 3. The minimum Gasteiger partial charge on any atom is -0.378 e. The molecule has 3 heterocycles. The van der Waals surface area contributed by atoms with E-state index in [0.29, 0.717) is 35.4 Å². The van der Waals surface area contributed by atoms with Crippen LogP contribution in [0.4, 0.5) is 10.1 Å². The minimum atomic E-state index is -1.14. The summed E-state index contributed by atoms with van der Waals surface area (Å²) in [5.74, 6) is -2.03. The lowest BCUT2D eigenvalue weighted by molar-refractivity contribution is -0.136. The SMILES string of the molecule is CC[C@@H]1CN(C(=O)C(C)(C)C#N)C[C@H]1Nc1c(C(N)=O)cnn2cc(-c3ccc(C(=O)NC)c(F)c3)cc12. The van der Waals surface area contributed by atoms with Gasteiger partial charge in [0.25, 0.3) is 11.8 Å². The number of benzene rings is 1. The average Bonchev–Trinajstić information content (AvgIpc) is 3.52. The van der Waals surface area contributed by atoms with Crippen LogP contribution in [0, 0.1) is 28.5 Å². The summed E-state index contributed by atoms with van der Waals surface area (Å²) in [6.45, 7) is 6.05. The van der Waals surface area contributed by atoms with E-state index in [0.717, 1.165) is 6.42 Å². The molecule has 2 atom stereocenters. The minimum absolute atomic E-state index is 0.0676. The molecule has 1 saturated heterocycles. The van der Waals surface area contributed by atoms with E-state index in [-0.39, 0.29) is 29.0 Å². The number of fused-ring (bicyclic) bond motifs is 1. The molecular formula is C27H30FN7O3. The fourth-order valence-electron chi connectivity index (χ4n) is 4.81. The number of hydrogen-bond acceptors (Lipinski definition) is 6. The lowest BCUT2D eigenvalue weighted by Crippen LogP contribution is -2.40. The number of carbonyl (C=O) groups excluding carboxylic acids is 3. The first-order valence-electron chi connectivity index (χ1n) is 12.3. The molecule has 0 unspecified atom stereocenters. The molecule has 0 saturated carbocycles. The van der Waals surface area contributed by atoms with E-state index in [2.05, 4.69) is 21.8 Å². The van der Waals surface area contributed by atoms with Crippen molar-refractivity contribution in [2.24, 2.45) is 17.1 Å². The smallest absolute Gasteiger partial charge is 0.253 e. The Morgan fingerprint density at radius 3 is 2.55 bits per heavy atom. The van der Waals surface area contributed by atoms with Gasteiger partial charge in [-0.3, -0.25) is 14.4 Å². The van der Waals surface area contributed by atoms with Crippen LogP contribution in [-0.4, -0.2) is 58.4 Å². The molecule has 3 amide bonds. The second-order valence-electron chi connectivity index (χ2n) is 10.00. The second-order valence-corrected chi connectivity index (χ2v) is 10.00. The van der Waals surface area contributed by atoms with Gasteiger partial charge in [0, 0.05) is 37.9 Å². The molecular weight excluding hydrogens is 489 g/mol. The quantitative estimate of drug-likeness (QED) is 0.438. The van der Waals surface area contributed by atoms with Crippen LogP contribution in [0.5, 0.6) is 0 Å². The Balaban J connectivity index is 1.72. The van der Waals surface area contributed by atoms with Crippen molar-refractivity contribution in [1.82, 2.24) is 19.8 Å². The van der Waals surface area contributed by atoms with E-state index in [1.807, 2.05) is 6.92 Å². The first-order valence-corrected chi connectivity index (χ1v) is 12.3. The normalized spacial score (nSPS) is 17.3. The van der Waals surface area contributed by atoms with Crippen molar-refractivity contribution < 1.29 is 18.8 Å². The first-order chi connectivity index (χ1) is 18.0. The number of nitriles is 1. The van der Waals surface area contributed by atoms with Crippen LogP contribution in [0.3, 0.4) is 0 Å². The maximum absolute atomic E-state index is 14.6. The molecule has 10 nitrogen and oxygen atoms in total. The summed E-state index contributed by atoms with van der Waals surface area (Å²) in [6.07, 6.45) is 3.83. The number of aromatic nitrogens is 2. The Hall–Kier alpha value is -4.46. The third-order valence-corrected chi connectivity index (χ3v) is 7.07. The van der Waals surface area contributed by atoms with Gasteiger partial charge in [0.05, 0.1) is 34.6 Å². The predicted molar refractivity (Wildman–Crippen MR) is 140 cm³/mol. The van der Waals surface area contributed by atoms with E-state index < -0.39 is 23.0 Å². The molecule has 4 rings (SSSR count). The maximum Gasteiger partial charge on any atom is 0.253 e. The number of anilines is 1. The summed E-state index contributed by atoms with van der Waals surface area (Å²) in [5.41, 5.74) is 6.79. The second kappa shape index (κ2) is 10.1. The van der Waals surface area contributed by atoms with Gasteiger partial charge < -0.3 is 21.3 Å². The van der Waals surface area contributed by atoms with Crippen LogP contribution < -0.4 is 16.4 Å². The fraction of sp³-hybridized carbons (Fsp3) is 0.370. The van der Waals surface area contributed by atoms with Crippen LogP contribution in [0.1, 0.15) is 47.9 Å². The molecule has 0 aliphatic carbocycles. The summed E-state index contributed by atoms with van der Waals surface area (Å²) in [4.78, 5) is 38.8. The van der Waals surface area contributed by atoms with Gasteiger partial charge >= 0.3 is 0 Å². The molecule has 1 aromatic carbocycles. The Kier molecular flexibility index (Phi) is 7.09. The van der Waals surface area contributed by atoms with Crippen molar-refractivity contribution >= 4 is 28.9 Å². The summed E-state index contributed by atoms with van der Waals surface area (Å²) in [6, 6.07) is 7.93. The molecule has 11 heteroatoms. The van der Waals surface area contributed by atoms with E-state index in [1.54, 1.807) is 41.6 Å². The molecule has 198 valence electrons. The van der Waals surface area contributed by atoms with E-state index in [4.69, 9.17) is 5.73 Å². The summed E-state index contributed by atoms with van der Waals surface area (Å²) >= 11 is 0. The Labute approximate surface area is 219 Å². The van der Waals surface area contributed by atoms with E-state index in [1.165, 1.54) is 25.4 Å². The van der Waals surface area contributed by atoms with Gasteiger partial charge in [-0.2, -0.15) is 10.4 Å². The molecule has 0 radical (unpaired) electrons. The number of likely N-dealkylation sites (tertiary alicyclic amines) is 1. The van der Waals surface area contributed by atoms with E-state index in [9.17, 15) is 24.0 Å². The van der Waals surface area contributed by atoms with Crippen LogP contribution in [0.2, 0.25) is 0 Å². The number of halogens is 1. The van der Waals surface area contributed by atoms with Crippen LogP contribution >= 0.6 is 0 Å². The number of primary amides is 1.